The Bertz CT molecular complexity index is 911. The lowest BCUT2D eigenvalue weighted by atomic mass is 9.85. The maximum absolute atomic E-state index is 12.6. The van der Waals surface area contributed by atoms with Crippen molar-refractivity contribution in [2.75, 3.05) is 16.8 Å². The van der Waals surface area contributed by atoms with Crippen molar-refractivity contribution in [3.05, 3.63) is 52.1 Å². The largest absolute Gasteiger partial charge is 0.316 e. The van der Waals surface area contributed by atoms with Crippen LogP contribution in [0.2, 0.25) is 0 Å². The first kappa shape index (κ1) is 17.5. The molecule has 9 heteroatoms. The maximum atomic E-state index is 12.6. The van der Waals surface area contributed by atoms with Crippen LogP contribution in [0.25, 0.3) is 0 Å². The van der Waals surface area contributed by atoms with E-state index in [0.717, 1.165) is 0 Å². The van der Waals surface area contributed by atoms with Crippen LogP contribution in [0, 0.1) is 10.1 Å². The Labute approximate surface area is 149 Å². The molecule has 0 aliphatic carbocycles. The van der Waals surface area contributed by atoms with E-state index in [4.69, 9.17) is 0 Å². The molecule has 1 aliphatic rings. The Morgan fingerprint density at radius 3 is 2.54 bits per heavy atom. The van der Waals surface area contributed by atoms with Gasteiger partial charge in [-0.1, -0.05) is 0 Å². The van der Waals surface area contributed by atoms with Crippen LogP contribution in [0.3, 0.4) is 0 Å². The molecule has 0 saturated heterocycles. The van der Waals surface area contributed by atoms with E-state index >= 15 is 0 Å². The number of nitro benzene ring substituents is 1. The summed E-state index contributed by atoms with van der Waals surface area (Å²) in [4.78, 5) is 44.9. The highest BCUT2D eigenvalue weighted by atomic mass is 16.6. The average Bonchev–Trinajstić information content (AvgIpc) is 2.81. The topological polar surface area (TPSA) is 118 Å². The maximum Gasteiger partial charge on any atom is 0.294 e. The molecule has 26 heavy (non-hydrogen) atoms. The third kappa shape index (κ3) is 2.67. The van der Waals surface area contributed by atoms with Gasteiger partial charge >= 0.3 is 0 Å². The second kappa shape index (κ2) is 6.17. The Balaban J connectivity index is 2.09. The van der Waals surface area contributed by atoms with E-state index in [1.807, 2.05) is 0 Å². The van der Waals surface area contributed by atoms with Gasteiger partial charge in [0.2, 0.25) is 5.91 Å². The van der Waals surface area contributed by atoms with Gasteiger partial charge in [-0.2, -0.15) is 0 Å². The number of rotatable bonds is 4. The van der Waals surface area contributed by atoms with E-state index in [9.17, 15) is 19.7 Å². The molecule has 0 unspecified atom stereocenters. The fourth-order valence-corrected chi connectivity index (χ4v) is 3.04. The summed E-state index contributed by atoms with van der Waals surface area (Å²) in [5.74, 6) is -0.702. The number of carbonyl (C=O) groups is 2. The highest BCUT2D eigenvalue weighted by Gasteiger charge is 2.44. The third-order valence-electron chi connectivity index (χ3n) is 4.44. The monoisotopic (exact) mass is 355 g/mol. The summed E-state index contributed by atoms with van der Waals surface area (Å²) < 4.78 is 0. The van der Waals surface area contributed by atoms with Crippen molar-refractivity contribution in [3.63, 3.8) is 0 Å². The third-order valence-corrected chi connectivity index (χ3v) is 4.44. The molecule has 1 aromatic carbocycles. The fourth-order valence-electron chi connectivity index (χ4n) is 3.04. The molecule has 0 saturated carbocycles. The lowest BCUT2D eigenvalue weighted by Crippen LogP contribution is -2.35. The average molecular weight is 355 g/mol. The van der Waals surface area contributed by atoms with Crippen LogP contribution >= 0.6 is 0 Å². The molecule has 9 nitrogen and oxygen atoms in total. The highest BCUT2D eigenvalue weighted by Crippen LogP contribution is 2.45. The van der Waals surface area contributed by atoms with Crippen molar-refractivity contribution >= 4 is 28.9 Å². The number of anilines is 2. The van der Waals surface area contributed by atoms with Gasteiger partial charge in [-0.25, -0.2) is 9.97 Å². The number of aromatic nitrogens is 2. The summed E-state index contributed by atoms with van der Waals surface area (Å²) in [6.45, 7) is 5.72. The molecule has 2 heterocycles. The lowest BCUT2D eigenvalue weighted by Gasteiger charge is -2.18. The lowest BCUT2D eigenvalue weighted by molar-refractivity contribution is -0.383. The van der Waals surface area contributed by atoms with Crippen molar-refractivity contribution in [3.8, 4) is 0 Å². The van der Waals surface area contributed by atoms with Gasteiger partial charge in [0.25, 0.3) is 11.6 Å². The molecule has 3 rings (SSSR count). The SMILES string of the molecule is CCN1C(=O)C(C)(C)c2cc(NC(=O)c3cncnc3)c([N+](=O)[O-])cc21. The minimum atomic E-state index is -0.837. The zero-order valence-electron chi connectivity index (χ0n) is 14.5. The van der Waals surface area contributed by atoms with Crippen LogP contribution < -0.4 is 10.2 Å². The molecule has 0 radical (unpaired) electrons. The van der Waals surface area contributed by atoms with Crippen molar-refractivity contribution in [2.45, 2.75) is 26.2 Å². The summed E-state index contributed by atoms with van der Waals surface area (Å²) in [7, 11) is 0. The number of fused-ring (bicyclic) bond motifs is 1. The standard InChI is InChI=1S/C17H17N5O4/c1-4-21-13-6-14(22(25)26)12(5-11(13)17(2,3)16(21)24)20-15(23)10-7-18-9-19-8-10/h5-9H,4H2,1-3H3,(H,20,23). The Morgan fingerprint density at radius 1 is 1.31 bits per heavy atom. The van der Waals surface area contributed by atoms with Gasteiger partial charge < -0.3 is 10.2 Å². The van der Waals surface area contributed by atoms with Gasteiger partial charge in [0.05, 0.1) is 21.6 Å². The molecule has 1 aliphatic heterocycles. The van der Waals surface area contributed by atoms with Crippen LogP contribution in [0.15, 0.2) is 30.9 Å². The zero-order valence-corrected chi connectivity index (χ0v) is 14.5. The summed E-state index contributed by atoms with van der Waals surface area (Å²) in [6, 6.07) is 2.84. The van der Waals surface area contributed by atoms with Gasteiger partial charge in [-0.15, -0.1) is 0 Å². The predicted molar refractivity (Wildman–Crippen MR) is 94.1 cm³/mol. The van der Waals surface area contributed by atoms with Crippen LogP contribution in [-0.4, -0.2) is 33.3 Å². The number of nitrogens with zero attached hydrogens (tertiary/aromatic N) is 4. The molecular weight excluding hydrogens is 338 g/mol. The van der Waals surface area contributed by atoms with E-state index in [0.29, 0.717) is 17.8 Å². The van der Waals surface area contributed by atoms with Crippen molar-refractivity contribution < 1.29 is 14.5 Å². The van der Waals surface area contributed by atoms with Gasteiger partial charge in [0.1, 0.15) is 12.0 Å². The smallest absolute Gasteiger partial charge is 0.294 e. The number of nitrogens with one attached hydrogen (secondary N) is 1. The minimum Gasteiger partial charge on any atom is -0.316 e. The second-order valence-corrected chi connectivity index (χ2v) is 6.40. The quantitative estimate of drug-likeness (QED) is 0.664. The number of amides is 2. The van der Waals surface area contributed by atoms with Gasteiger partial charge in [0, 0.05) is 25.0 Å². The molecule has 2 aromatic rings. The van der Waals surface area contributed by atoms with Crippen LogP contribution in [0.4, 0.5) is 17.1 Å². The van der Waals surface area contributed by atoms with E-state index < -0.39 is 16.2 Å². The van der Waals surface area contributed by atoms with Crippen LogP contribution in [-0.2, 0) is 10.2 Å². The number of likely N-dealkylation sites (N-methyl/N-ethyl adjacent to an activating group) is 1. The van der Waals surface area contributed by atoms with E-state index in [-0.39, 0.29) is 22.8 Å². The van der Waals surface area contributed by atoms with Crippen LogP contribution in [0.1, 0.15) is 36.7 Å². The highest BCUT2D eigenvalue weighted by molar-refractivity contribution is 6.10. The van der Waals surface area contributed by atoms with Gasteiger partial charge in [-0.05, 0) is 32.4 Å². The summed E-state index contributed by atoms with van der Waals surface area (Å²) in [6.07, 6.45) is 3.91. The summed E-state index contributed by atoms with van der Waals surface area (Å²) in [5, 5.41) is 14.0. The Hall–Kier alpha value is -3.36. The summed E-state index contributed by atoms with van der Waals surface area (Å²) >= 11 is 0. The van der Waals surface area contributed by atoms with Crippen molar-refractivity contribution in [1.29, 1.82) is 0 Å². The van der Waals surface area contributed by atoms with Crippen molar-refractivity contribution in [1.82, 2.24) is 9.97 Å². The number of nitro groups is 1. The van der Waals surface area contributed by atoms with Crippen LogP contribution in [0.5, 0.6) is 0 Å². The molecule has 1 aromatic heterocycles. The molecule has 0 spiro atoms. The second-order valence-electron chi connectivity index (χ2n) is 6.40. The number of carbonyl (C=O) groups excluding carboxylic acids is 2. The number of benzene rings is 1. The van der Waals surface area contributed by atoms with E-state index in [1.54, 1.807) is 20.8 Å². The van der Waals surface area contributed by atoms with E-state index in [2.05, 4.69) is 15.3 Å². The Kier molecular flexibility index (Phi) is 4.15. The Morgan fingerprint density at radius 2 is 1.96 bits per heavy atom. The van der Waals surface area contributed by atoms with Gasteiger partial charge in [0.15, 0.2) is 0 Å². The first-order valence-corrected chi connectivity index (χ1v) is 7.98. The molecule has 0 atom stereocenters. The number of hydrogen-bond donors (Lipinski definition) is 1. The molecule has 0 bridgehead atoms. The van der Waals surface area contributed by atoms with Gasteiger partial charge in [-0.3, -0.25) is 19.7 Å². The molecule has 2 amide bonds. The molecule has 0 fully saturated rings. The van der Waals surface area contributed by atoms with Crippen molar-refractivity contribution in [2.24, 2.45) is 0 Å². The zero-order chi connectivity index (χ0) is 19.1. The molecular formula is C17H17N5O4. The first-order valence-electron chi connectivity index (χ1n) is 7.98. The van der Waals surface area contributed by atoms with E-state index in [1.165, 1.54) is 35.8 Å². The molecule has 134 valence electrons. The fraction of sp³-hybridized carbons (Fsp3) is 0.294. The normalized spacial score (nSPS) is 14.9. The minimum absolute atomic E-state index is 0.0291. The number of hydrogen-bond acceptors (Lipinski definition) is 6. The first-order chi connectivity index (χ1) is 12.3. The predicted octanol–water partition coefficient (Wildman–Crippen LogP) is 2.28. The summed E-state index contributed by atoms with van der Waals surface area (Å²) in [5.41, 5.74) is 0.215. The molecule has 1 N–H and O–H groups in total.